The lowest BCUT2D eigenvalue weighted by atomic mass is 10.2. The van der Waals surface area contributed by atoms with Crippen LogP contribution in [-0.4, -0.2) is 20.9 Å². The summed E-state index contributed by atoms with van der Waals surface area (Å²) in [5, 5.41) is 12.6. The molecule has 0 atom stereocenters. The number of aromatic carboxylic acids is 1. The largest absolute Gasteiger partial charge is 0.478 e. The molecule has 9 heteroatoms. The van der Waals surface area contributed by atoms with Gasteiger partial charge in [-0.25, -0.2) is 4.79 Å². The second-order valence-corrected chi connectivity index (χ2v) is 4.91. The molecule has 112 valence electrons. The third-order valence-corrected chi connectivity index (χ3v) is 3.35. The highest BCUT2D eigenvalue weighted by atomic mass is 35.5. The Bertz CT molecular complexity index is 678. The molecule has 0 fully saturated rings. The van der Waals surface area contributed by atoms with Crippen molar-refractivity contribution in [2.75, 3.05) is 0 Å². The van der Waals surface area contributed by atoms with Gasteiger partial charge in [0.2, 0.25) is 0 Å². The van der Waals surface area contributed by atoms with E-state index in [1.54, 1.807) is 6.07 Å². The monoisotopic (exact) mass is 338 g/mol. The third kappa shape index (κ3) is 3.30. The number of carboxylic acid groups (broad SMARTS) is 1. The fourth-order valence-electron chi connectivity index (χ4n) is 1.71. The number of benzene rings is 1. The van der Waals surface area contributed by atoms with Crippen molar-refractivity contribution in [3.63, 3.8) is 0 Å². The van der Waals surface area contributed by atoms with E-state index in [4.69, 9.17) is 28.3 Å². The molecule has 1 heterocycles. The first kappa shape index (κ1) is 15.7. The van der Waals surface area contributed by atoms with E-state index in [0.29, 0.717) is 5.56 Å². The zero-order valence-corrected chi connectivity index (χ0v) is 11.7. The lowest BCUT2D eigenvalue weighted by Gasteiger charge is -2.07. The fourth-order valence-corrected chi connectivity index (χ4v) is 2.23. The standard InChI is InChI=1S/C12H7Cl2F3N2O2/c13-8-2-1-3-9(14)6(8)4-19-5-7(11(20)21)10(18-19)12(15,16)17/h1-3,5H,4H2,(H,20,21). The van der Waals surface area contributed by atoms with Crippen molar-refractivity contribution in [1.82, 2.24) is 9.78 Å². The number of alkyl halides is 3. The van der Waals surface area contributed by atoms with Gasteiger partial charge in [-0.1, -0.05) is 29.3 Å². The van der Waals surface area contributed by atoms with E-state index < -0.39 is 23.4 Å². The van der Waals surface area contributed by atoms with Gasteiger partial charge in [0.15, 0.2) is 5.69 Å². The van der Waals surface area contributed by atoms with Crippen molar-refractivity contribution >= 4 is 29.2 Å². The summed E-state index contributed by atoms with van der Waals surface area (Å²) in [6.45, 7) is -0.172. The van der Waals surface area contributed by atoms with E-state index in [9.17, 15) is 18.0 Å². The minimum absolute atomic E-state index is 0.172. The van der Waals surface area contributed by atoms with Crippen LogP contribution in [0.2, 0.25) is 10.0 Å². The van der Waals surface area contributed by atoms with E-state index in [1.165, 1.54) is 12.1 Å². The van der Waals surface area contributed by atoms with Gasteiger partial charge in [-0.2, -0.15) is 18.3 Å². The molecule has 0 unspecified atom stereocenters. The van der Waals surface area contributed by atoms with Gasteiger partial charge in [-0.05, 0) is 12.1 Å². The Labute approximate surface area is 126 Å². The van der Waals surface area contributed by atoms with Crippen LogP contribution < -0.4 is 0 Å². The molecule has 21 heavy (non-hydrogen) atoms. The lowest BCUT2D eigenvalue weighted by Crippen LogP contribution is -2.12. The number of aromatic nitrogens is 2. The summed E-state index contributed by atoms with van der Waals surface area (Å²) < 4.78 is 39.0. The molecule has 0 saturated carbocycles. The topological polar surface area (TPSA) is 55.1 Å². The Morgan fingerprint density at radius 3 is 2.29 bits per heavy atom. The summed E-state index contributed by atoms with van der Waals surface area (Å²) in [5.41, 5.74) is -2.03. The normalized spacial score (nSPS) is 11.7. The Morgan fingerprint density at radius 1 is 1.29 bits per heavy atom. The number of rotatable bonds is 3. The van der Waals surface area contributed by atoms with E-state index in [1.807, 2.05) is 0 Å². The average Bonchev–Trinajstić information content (AvgIpc) is 2.78. The molecule has 0 aliphatic rings. The smallest absolute Gasteiger partial charge is 0.436 e. The molecule has 0 saturated heterocycles. The Morgan fingerprint density at radius 2 is 1.86 bits per heavy atom. The highest BCUT2D eigenvalue weighted by Crippen LogP contribution is 2.31. The second kappa shape index (κ2) is 5.57. The summed E-state index contributed by atoms with van der Waals surface area (Å²) >= 11 is 11.8. The molecule has 0 bridgehead atoms. The number of halogens is 5. The highest BCUT2D eigenvalue weighted by Gasteiger charge is 2.39. The SMILES string of the molecule is O=C(O)c1cn(Cc2c(Cl)cccc2Cl)nc1C(F)(F)F. The maximum Gasteiger partial charge on any atom is 0.436 e. The first-order valence-corrected chi connectivity index (χ1v) is 6.26. The molecule has 0 amide bonds. The van der Waals surface area contributed by atoms with Crippen LogP contribution in [0.15, 0.2) is 24.4 Å². The van der Waals surface area contributed by atoms with Crippen LogP contribution in [-0.2, 0) is 12.7 Å². The maximum atomic E-state index is 12.7. The molecule has 0 spiro atoms. The van der Waals surface area contributed by atoms with E-state index >= 15 is 0 Å². The third-order valence-electron chi connectivity index (χ3n) is 2.64. The van der Waals surface area contributed by atoms with Gasteiger partial charge in [0.05, 0.1) is 6.54 Å². The van der Waals surface area contributed by atoms with Crippen LogP contribution in [0, 0.1) is 0 Å². The number of carbonyl (C=O) groups is 1. The van der Waals surface area contributed by atoms with Crippen molar-refractivity contribution in [2.24, 2.45) is 0 Å². The van der Waals surface area contributed by atoms with E-state index in [2.05, 4.69) is 5.10 Å². The summed E-state index contributed by atoms with van der Waals surface area (Å²) in [5.74, 6) is -1.71. The summed E-state index contributed by atoms with van der Waals surface area (Å²) in [7, 11) is 0. The molecular weight excluding hydrogens is 332 g/mol. The maximum absolute atomic E-state index is 12.7. The Hall–Kier alpha value is -1.73. The van der Waals surface area contributed by atoms with Crippen LogP contribution in [0.3, 0.4) is 0 Å². The molecule has 1 aromatic carbocycles. The first-order valence-electron chi connectivity index (χ1n) is 5.51. The zero-order valence-electron chi connectivity index (χ0n) is 10.2. The Kier molecular flexibility index (Phi) is 4.15. The van der Waals surface area contributed by atoms with Crippen LogP contribution >= 0.6 is 23.2 Å². The van der Waals surface area contributed by atoms with Gasteiger partial charge >= 0.3 is 12.1 Å². The van der Waals surface area contributed by atoms with Crippen LogP contribution in [0.5, 0.6) is 0 Å². The lowest BCUT2D eigenvalue weighted by molar-refractivity contribution is -0.142. The van der Waals surface area contributed by atoms with Crippen molar-refractivity contribution in [2.45, 2.75) is 12.7 Å². The van der Waals surface area contributed by atoms with Crippen molar-refractivity contribution < 1.29 is 23.1 Å². The summed E-state index contributed by atoms with van der Waals surface area (Å²) in [4.78, 5) is 10.9. The van der Waals surface area contributed by atoms with Gasteiger partial charge in [0.1, 0.15) is 5.56 Å². The van der Waals surface area contributed by atoms with Gasteiger partial charge in [0.25, 0.3) is 0 Å². The second-order valence-electron chi connectivity index (χ2n) is 4.09. The highest BCUT2D eigenvalue weighted by molar-refractivity contribution is 6.35. The van der Waals surface area contributed by atoms with E-state index in [0.717, 1.165) is 10.9 Å². The molecule has 2 rings (SSSR count). The van der Waals surface area contributed by atoms with Gasteiger partial charge in [-0.3, -0.25) is 4.68 Å². The minimum Gasteiger partial charge on any atom is -0.478 e. The molecule has 1 aromatic heterocycles. The molecule has 0 aliphatic carbocycles. The molecule has 0 radical (unpaired) electrons. The number of carboxylic acids is 1. The number of hydrogen-bond acceptors (Lipinski definition) is 2. The molecule has 1 N–H and O–H groups in total. The average molecular weight is 339 g/mol. The van der Waals surface area contributed by atoms with Gasteiger partial charge in [-0.15, -0.1) is 0 Å². The van der Waals surface area contributed by atoms with Crippen molar-refractivity contribution in [3.05, 3.63) is 51.3 Å². The predicted molar refractivity (Wildman–Crippen MR) is 69.8 cm³/mol. The first-order chi connectivity index (χ1) is 9.70. The number of nitrogens with zero attached hydrogens (tertiary/aromatic N) is 2. The fraction of sp³-hybridized carbons (Fsp3) is 0.167. The number of hydrogen-bond donors (Lipinski definition) is 1. The van der Waals surface area contributed by atoms with Crippen LogP contribution in [0.4, 0.5) is 13.2 Å². The molecule has 0 aliphatic heterocycles. The zero-order chi connectivity index (χ0) is 15.8. The summed E-state index contributed by atoms with van der Waals surface area (Å²) in [6, 6.07) is 4.63. The minimum atomic E-state index is -4.86. The molecule has 4 nitrogen and oxygen atoms in total. The Balaban J connectivity index is 2.45. The van der Waals surface area contributed by atoms with E-state index in [-0.39, 0.29) is 16.6 Å². The van der Waals surface area contributed by atoms with Crippen LogP contribution in [0.1, 0.15) is 21.6 Å². The quantitative estimate of drug-likeness (QED) is 0.921. The van der Waals surface area contributed by atoms with Gasteiger partial charge in [0, 0.05) is 21.8 Å². The predicted octanol–water partition coefficient (Wildman–Crippen LogP) is 3.96. The molecule has 2 aromatic rings. The van der Waals surface area contributed by atoms with Gasteiger partial charge < -0.3 is 5.11 Å². The van der Waals surface area contributed by atoms with Crippen LogP contribution in [0.25, 0.3) is 0 Å². The van der Waals surface area contributed by atoms with Crippen molar-refractivity contribution in [3.8, 4) is 0 Å². The van der Waals surface area contributed by atoms with Crippen molar-refractivity contribution in [1.29, 1.82) is 0 Å². The summed E-state index contributed by atoms with van der Waals surface area (Å²) in [6.07, 6.45) is -4.06. The molecular formula is C12H7Cl2F3N2O2.